The summed E-state index contributed by atoms with van der Waals surface area (Å²) in [5.41, 5.74) is 0.881. The van der Waals surface area contributed by atoms with Crippen LogP contribution in [0.15, 0.2) is 18.3 Å². The minimum Gasteiger partial charge on any atom is -0.444 e. The summed E-state index contributed by atoms with van der Waals surface area (Å²) < 4.78 is 5.50. The van der Waals surface area contributed by atoms with Crippen molar-refractivity contribution in [2.24, 2.45) is 0 Å². The fourth-order valence-electron chi connectivity index (χ4n) is 3.92. The van der Waals surface area contributed by atoms with Gasteiger partial charge in [-0.1, -0.05) is 13.0 Å². The van der Waals surface area contributed by atoms with Crippen molar-refractivity contribution in [3.05, 3.63) is 23.9 Å². The van der Waals surface area contributed by atoms with Gasteiger partial charge in [-0.05, 0) is 52.8 Å². The van der Waals surface area contributed by atoms with E-state index in [1.165, 1.54) is 24.9 Å². The SMILES string of the molecule is CCN1CCC[C@H]1c1cccnc1N1CCN(C(=O)OC(C)(C)C)CC1. The number of carbonyl (C=O) groups excluding carboxylic acids is 1. The number of pyridine rings is 1. The monoisotopic (exact) mass is 360 g/mol. The average Bonchev–Trinajstić information content (AvgIpc) is 3.09. The summed E-state index contributed by atoms with van der Waals surface area (Å²) in [6.45, 7) is 13.1. The predicted octanol–water partition coefficient (Wildman–Crippen LogP) is 3.30. The number of rotatable bonds is 3. The third-order valence-electron chi connectivity index (χ3n) is 5.18. The molecule has 2 aliphatic heterocycles. The first-order chi connectivity index (χ1) is 12.4. The van der Waals surface area contributed by atoms with Crippen LogP contribution in [-0.4, -0.2) is 65.7 Å². The van der Waals surface area contributed by atoms with Crippen molar-refractivity contribution in [2.75, 3.05) is 44.2 Å². The van der Waals surface area contributed by atoms with Crippen LogP contribution >= 0.6 is 0 Å². The van der Waals surface area contributed by atoms with Crippen LogP contribution in [0.25, 0.3) is 0 Å². The van der Waals surface area contributed by atoms with E-state index < -0.39 is 5.60 Å². The standard InChI is InChI=1S/C20H32N4O2/c1-5-22-11-7-9-17(22)16-8-6-10-21-18(16)23-12-14-24(15-13-23)19(25)26-20(2,3)4/h6,8,10,17H,5,7,9,11-15H2,1-4H3/t17-/m0/s1. The molecule has 6 nitrogen and oxygen atoms in total. The number of amides is 1. The van der Waals surface area contributed by atoms with E-state index >= 15 is 0 Å². The maximum atomic E-state index is 12.3. The number of anilines is 1. The fraction of sp³-hybridized carbons (Fsp3) is 0.700. The lowest BCUT2D eigenvalue weighted by Gasteiger charge is -2.37. The Hall–Kier alpha value is -1.82. The summed E-state index contributed by atoms with van der Waals surface area (Å²) in [5.74, 6) is 1.08. The normalized spacial score (nSPS) is 21.9. The molecule has 1 atom stereocenters. The summed E-state index contributed by atoms with van der Waals surface area (Å²) in [6.07, 6.45) is 4.11. The van der Waals surface area contributed by atoms with Gasteiger partial charge in [0.25, 0.3) is 0 Å². The summed E-state index contributed by atoms with van der Waals surface area (Å²) in [5, 5.41) is 0. The van der Waals surface area contributed by atoms with Gasteiger partial charge >= 0.3 is 6.09 Å². The van der Waals surface area contributed by atoms with Crippen LogP contribution in [0.2, 0.25) is 0 Å². The van der Waals surface area contributed by atoms with Crippen molar-refractivity contribution in [1.82, 2.24) is 14.8 Å². The minimum absolute atomic E-state index is 0.216. The van der Waals surface area contributed by atoms with Crippen molar-refractivity contribution in [3.63, 3.8) is 0 Å². The van der Waals surface area contributed by atoms with Crippen LogP contribution in [0.1, 0.15) is 52.1 Å². The molecule has 2 saturated heterocycles. The highest BCUT2D eigenvalue weighted by Crippen LogP contribution is 2.36. The molecule has 2 fully saturated rings. The molecule has 0 aromatic carbocycles. The number of likely N-dealkylation sites (tertiary alicyclic amines) is 1. The van der Waals surface area contributed by atoms with Crippen LogP contribution in [0, 0.1) is 0 Å². The zero-order valence-corrected chi connectivity index (χ0v) is 16.6. The molecule has 0 bridgehead atoms. The number of hydrogen-bond acceptors (Lipinski definition) is 5. The molecule has 144 valence electrons. The van der Waals surface area contributed by atoms with Crippen LogP contribution in [-0.2, 0) is 4.74 Å². The van der Waals surface area contributed by atoms with Gasteiger partial charge in [-0.3, -0.25) is 4.90 Å². The van der Waals surface area contributed by atoms with Gasteiger partial charge in [0.15, 0.2) is 0 Å². The zero-order valence-electron chi connectivity index (χ0n) is 16.6. The fourth-order valence-corrected chi connectivity index (χ4v) is 3.92. The molecular weight excluding hydrogens is 328 g/mol. The van der Waals surface area contributed by atoms with Crippen molar-refractivity contribution in [2.45, 2.75) is 52.2 Å². The molecule has 26 heavy (non-hydrogen) atoms. The molecular formula is C20H32N4O2. The maximum Gasteiger partial charge on any atom is 0.410 e. The molecule has 3 heterocycles. The Kier molecular flexibility index (Phi) is 5.70. The molecule has 2 aliphatic rings. The summed E-state index contributed by atoms with van der Waals surface area (Å²) >= 11 is 0. The molecule has 0 saturated carbocycles. The second-order valence-corrected chi connectivity index (χ2v) is 8.16. The first kappa shape index (κ1) is 19.0. The zero-order chi connectivity index (χ0) is 18.7. The summed E-state index contributed by atoms with van der Waals surface area (Å²) in [4.78, 5) is 23.7. The van der Waals surface area contributed by atoms with Crippen molar-refractivity contribution >= 4 is 11.9 Å². The number of carbonyl (C=O) groups is 1. The van der Waals surface area contributed by atoms with E-state index in [0.717, 1.165) is 25.5 Å². The maximum absolute atomic E-state index is 12.3. The Morgan fingerprint density at radius 3 is 2.62 bits per heavy atom. The lowest BCUT2D eigenvalue weighted by molar-refractivity contribution is 0.0240. The Balaban J connectivity index is 1.68. The van der Waals surface area contributed by atoms with Gasteiger partial charge < -0.3 is 14.5 Å². The molecule has 6 heteroatoms. The largest absolute Gasteiger partial charge is 0.444 e. The third-order valence-corrected chi connectivity index (χ3v) is 5.18. The second-order valence-electron chi connectivity index (χ2n) is 8.16. The van der Waals surface area contributed by atoms with Gasteiger partial charge in [0.2, 0.25) is 0 Å². The molecule has 0 N–H and O–H groups in total. The lowest BCUT2D eigenvalue weighted by atomic mass is 10.0. The van der Waals surface area contributed by atoms with Gasteiger partial charge in [-0.2, -0.15) is 0 Å². The van der Waals surface area contributed by atoms with E-state index in [2.05, 4.69) is 22.8 Å². The number of nitrogens with zero attached hydrogens (tertiary/aromatic N) is 4. The Labute approximate surface area is 157 Å². The molecule has 0 radical (unpaired) electrons. The highest BCUT2D eigenvalue weighted by atomic mass is 16.6. The van der Waals surface area contributed by atoms with Crippen molar-refractivity contribution < 1.29 is 9.53 Å². The number of aromatic nitrogens is 1. The molecule has 3 rings (SSSR count). The molecule has 0 unspecified atom stereocenters. The Morgan fingerprint density at radius 1 is 1.23 bits per heavy atom. The number of ether oxygens (including phenoxy) is 1. The van der Waals surface area contributed by atoms with Gasteiger partial charge in [0.05, 0.1) is 0 Å². The average molecular weight is 361 g/mol. The highest BCUT2D eigenvalue weighted by Gasteiger charge is 2.31. The molecule has 0 aliphatic carbocycles. The highest BCUT2D eigenvalue weighted by molar-refractivity contribution is 5.68. The van der Waals surface area contributed by atoms with E-state index in [-0.39, 0.29) is 6.09 Å². The summed E-state index contributed by atoms with van der Waals surface area (Å²) in [6, 6.07) is 4.73. The molecule has 1 amide bonds. The quantitative estimate of drug-likeness (QED) is 0.828. The van der Waals surface area contributed by atoms with Crippen molar-refractivity contribution in [1.29, 1.82) is 0 Å². The van der Waals surface area contributed by atoms with Crippen LogP contribution in [0.3, 0.4) is 0 Å². The molecule has 1 aromatic heterocycles. The van der Waals surface area contributed by atoms with E-state index in [1.54, 1.807) is 4.90 Å². The molecule has 0 spiro atoms. The van der Waals surface area contributed by atoms with Gasteiger partial charge in [0, 0.05) is 44.0 Å². The number of piperazine rings is 1. The van der Waals surface area contributed by atoms with Gasteiger partial charge in [-0.15, -0.1) is 0 Å². The lowest BCUT2D eigenvalue weighted by Crippen LogP contribution is -2.50. The Bertz CT molecular complexity index is 620. The van der Waals surface area contributed by atoms with Crippen LogP contribution < -0.4 is 4.90 Å². The van der Waals surface area contributed by atoms with Crippen LogP contribution in [0.4, 0.5) is 10.6 Å². The van der Waals surface area contributed by atoms with E-state index in [0.29, 0.717) is 19.1 Å². The van der Waals surface area contributed by atoms with E-state index in [4.69, 9.17) is 9.72 Å². The second kappa shape index (κ2) is 7.82. The number of hydrogen-bond donors (Lipinski definition) is 0. The Morgan fingerprint density at radius 2 is 1.96 bits per heavy atom. The van der Waals surface area contributed by atoms with Gasteiger partial charge in [-0.25, -0.2) is 9.78 Å². The summed E-state index contributed by atoms with van der Waals surface area (Å²) in [7, 11) is 0. The predicted molar refractivity (Wildman–Crippen MR) is 103 cm³/mol. The molecule has 1 aromatic rings. The third kappa shape index (κ3) is 4.29. The van der Waals surface area contributed by atoms with Gasteiger partial charge in [0.1, 0.15) is 11.4 Å². The van der Waals surface area contributed by atoms with E-state index in [1.807, 2.05) is 33.0 Å². The minimum atomic E-state index is -0.450. The van der Waals surface area contributed by atoms with E-state index in [9.17, 15) is 4.79 Å². The van der Waals surface area contributed by atoms with Crippen molar-refractivity contribution in [3.8, 4) is 0 Å². The first-order valence-electron chi connectivity index (χ1n) is 9.81. The first-order valence-corrected chi connectivity index (χ1v) is 9.81. The smallest absolute Gasteiger partial charge is 0.410 e. The van der Waals surface area contributed by atoms with Crippen LogP contribution in [0.5, 0.6) is 0 Å². The topological polar surface area (TPSA) is 48.9 Å².